The average Bonchev–Trinajstić information content (AvgIpc) is 3.24. The Morgan fingerprint density at radius 2 is 1.70 bits per heavy atom. The summed E-state index contributed by atoms with van der Waals surface area (Å²) in [7, 11) is 0. The minimum Gasteiger partial charge on any atom is -0.320 e. The molecule has 0 radical (unpaired) electrons. The number of halogens is 1. The Labute approximate surface area is 198 Å². The summed E-state index contributed by atoms with van der Waals surface area (Å²) < 4.78 is 1.92. The van der Waals surface area contributed by atoms with E-state index >= 15 is 0 Å². The van der Waals surface area contributed by atoms with Crippen LogP contribution in [-0.4, -0.2) is 31.3 Å². The zero-order valence-corrected chi connectivity index (χ0v) is 18.8. The van der Waals surface area contributed by atoms with Gasteiger partial charge in [-0.05, 0) is 42.5 Å². The maximum absolute atomic E-state index is 12.4. The van der Waals surface area contributed by atoms with E-state index in [2.05, 4.69) is 15.5 Å². The molecule has 8 nitrogen and oxygen atoms in total. The number of amides is 1. The van der Waals surface area contributed by atoms with Crippen molar-refractivity contribution in [3.8, 4) is 17.1 Å². The second kappa shape index (κ2) is 10.3. The lowest BCUT2D eigenvalue weighted by Gasteiger charge is -2.10. The molecule has 0 spiro atoms. The molecule has 4 aromatic rings. The highest BCUT2D eigenvalue weighted by atomic mass is 35.5. The minimum absolute atomic E-state index is 0.144. The first-order chi connectivity index (χ1) is 16.0. The molecule has 0 aliphatic rings. The number of para-hydroxylation sites is 3. The van der Waals surface area contributed by atoms with E-state index in [9.17, 15) is 14.9 Å². The molecule has 33 heavy (non-hydrogen) atoms. The maximum Gasteiger partial charge on any atom is 0.292 e. The molecule has 0 fully saturated rings. The maximum atomic E-state index is 12.4. The second-order valence-corrected chi connectivity index (χ2v) is 8.40. The van der Waals surface area contributed by atoms with Crippen LogP contribution >= 0.6 is 23.4 Å². The predicted octanol–water partition coefficient (Wildman–Crippen LogP) is 5.62. The number of nitrogens with zero attached hydrogens (tertiary/aromatic N) is 4. The third-order valence-corrected chi connectivity index (χ3v) is 5.87. The number of rotatable bonds is 8. The monoisotopic (exact) mass is 479 g/mol. The van der Waals surface area contributed by atoms with E-state index in [1.54, 1.807) is 24.3 Å². The molecule has 0 saturated carbocycles. The topological polar surface area (TPSA) is 103 Å². The van der Waals surface area contributed by atoms with Gasteiger partial charge in [0.25, 0.3) is 5.69 Å². The summed E-state index contributed by atoms with van der Waals surface area (Å²) in [6, 6.07) is 23.1. The van der Waals surface area contributed by atoms with Crippen molar-refractivity contribution in [2.45, 2.75) is 11.6 Å². The van der Waals surface area contributed by atoms with Gasteiger partial charge < -0.3 is 5.32 Å². The fourth-order valence-corrected chi connectivity index (χ4v) is 4.16. The normalized spacial score (nSPS) is 10.7. The van der Waals surface area contributed by atoms with E-state index < -0.39 is 4.92 Å². The van der Waals surface area contributed by atoms with Gasteiger partial charge in [0.15, 0.2) is 11.0 Å². The highest BCUT2D eigenvalue weighted by Crippen LogP contribution is 2.29. The highest BCUT2D eigenvalue weighted by molar-refractivity contribution is 7.99. The van der Waals surface area contributed by atoms with Gasteiger partial charge in [-0.15, -0.1) is 10.2 Å². The van der Waals surface area contributed by atoms with E-state index in [0.717, 1.165) is 11.3 Å². The third-order valence-electron chi connectivity index (χ3n) is 4.69. The Morgan fingerprint density at radius 3 is 2.42 bits per heavy atom. The summed E-state index contributed by atoms with van der Waals surface area (Å²) in [5, 5.41) is 23.7. The number of nitro groups is 1. The van der Waals surface area contributed by atoms with E-state index in [1.165, 1.54) is 23.9 Å². The Kier molecular flexibility index (Phi) is 7.01. The van der Waals surface area contributed by atoms with Crippen molar-refractivity contribution < 1.29 is 9.72 Å². The van der Waals surface area contributed by atoms with Crippen LogP contribution < -0.4 is 5.32 Å². The van der Waals surface area contributed by atoms with Crippen LogP contribution in [0, 0.1) is 10.1 Å². The molecule has 1 amide bonds. The van der Waals surface area contributed by atoms with Gasteiger partial charge in [-0.25, -0.2) is 0 Å². The fraction of sp³-hybridized carbons (Fsp3) is 0.0870. The number of anilines is 1. The van der Waals surface area contributed by atoms with Crippen molar-refractivity contribution in [3.63, 3.8) is 0 Å². The first-order valence-electron chi connectivity index (χ1n) is 9.96. The van der Waals surface area contributed by atoms with Crippen molar-refractivity contribution >= 4 is 40.6 Å². The summed E-state index contributed by atoms with van der Waals surface area (Å²) in [6.07, 6.45) is 0.147. The van der Waals surface area contributed by atoms with Crippen molar-refractivity contribution in [1.29, 1.82) is 0 Å². The number of nitrogens with one attached hydrogen (secondary N) is 1. The van der Waals surface area contributed by atoms with Crippen LogP contribution in [0.5, 0.6) is 0 Å². The van der Waals surface area contributed by atoms with Gasteiger partial charge in [0.2, 0.25) is 5.91 Å². The first kappa shape index (κ1) is 22.5. The van der Waals surface area contributed by atoms with Gasteiger partial charge >= 0.3 is 0 Å². The number of aromatic nitrogens is 3. The Morgan fingerprint density at radius 1 is 1.00 bits per heavy atom. The number of hydrogen-bond acceptors (Lipinski definition) is 6. The van der Waals surface area contributed by atoms with Crippen LogP contribution in [0.4, 0.5) is 11.4 Å². The fourth-order valence-electron chi connectivity index (χ4n) is 3.15. The average molecular weight is 480 g/mol. The molecule has 0 bridgehead atoms. The predicted molar refractivity (Wildman–Crippen MR) is 129 cm³/mol. The molecule has 4 rings (SSSR count). The van der Waals surface area contributed by atoms with Gasteiger partial charge in [0.05, 0.1) is 4.92 Å². The number of carbonyl (C=O) groups excluding carboxylic acids is 1. The lowest BCUT2D eigenvalue weighted by Crippen LogP contribution is -2.13. The van der Waals surface area contributed by atoms with Crippen LogP contribution in [0.1, 0.15) is 6.42 Å². The molecular formula is C23H18ClN5O3S. The van der Waals surface area contributed by atoms with Crippen LogP contribution in [-0.2, 0) is 4.79 Å². The van der Waals surface area contributed by atoms with Crippen LogP contribution in [0.15, 0.2) is 84.0 Å². The number of nitro benzene ring substituents is 1. The van der Waals surface area contributed by atoms with Gasteiger partial charge in [0, 0.05) is 34.5 Å². The first-order valence-corrected chi connectivity index (χ1v) is 11.3. The number of hydrogen-bond donors (Lipinski definition) is 1. The lowest BCUT2D eigenvalue weighted by atomic mass is 10.2. The Hall–Kier alpha value is -3.69. The quantitative estimate of drug-likeness (QED) is 0.200. The molecule has 166 valence electrons. The molecule has 3 aromatic carbocycles. The van der Waals surface area contributed by atoms with Gasteiger partial charge in [-0.2, -0.15) is 0 Å². The summed E-state index contributed by atoms with van der Waals surface area (Å²) in [6.45, 7) is 0. The van der Waals surface area contributed by atoms with E-state index in [0.29, 0.717) is 21.8 Å². The summed E-state index contributed by atoms with van der Waals surface area (Å²) in [5.41, 5.74) is 1.78. The SMILES string of the molecule is O=C(CCSc1nnc(-c2ccc(Cl)cc2)n1-c1ccccc1)Nc1ccccc1[N+](=O)[O-]. The van der Waals surface area contributed by atoms with Crippen LogP contribution in [0.2, 0.25) is 5.02 Å². The summed E-state index contributed by atoms with van der Waals surface area (Å²) in [5.74, 6) is 0.753. The van der Waals surface area contributed by atoms with Crippen molar-refractivity contribution in [2.75, 3.05) is 11.1 Å². The Bertz CT molecular complexity index is 1280. The largest absolute Gasteiger partial charge is 0.320 e. The zero-order chi connectivity index (χ0) is 23.2. The van der Waals surface area contributed by atoms with Gasteiger partial charge in [-0.3, -0.25) is 19.5 Å². The van der Waals surface area contributed by atoms with Crippen molar-refractivity contribution in [3.05, 3.63) is 94.0 Å². The molecule has 0 saturated heterocycles. The summed E-state index contributed by atoms with van der Waals surface area (Å²) in [4.78, 5) is 23.0. The third kappa shape index (κ3) is 5.39. The smallest absolute Gasteiger partial charge is 0.292 e. The molecule has 0 unspecified atom stereocenters. The van der Waals surface area contributed by atoms with Crippen LogP contribution in [0.25, 0.3) is 17.1 Å². The van der Waals surface area contributed by atoms with E-state index in [1.807, 2.05) is 47.0 Å². The van der Waals surface area contributed by atoms with Gasteiger partial charge in [0.1, 0.15) is 5.69 Å². The van der Waals surface area contributed by atoms with Crippen LogP contribution in [0.3, 0.4) is 0 Å². The molecule has 1 heterocycles. The number of benzene rings is 3. The molecule has 10 heteroatoms. The standard InChI is InChI=1S/C23H18ClN5O3S/c24-17-12-10-16(11-13-17)22-26-27-23(28(22)18-6-2-1-3-7-18)33-15-14-21(30)25-19-8-4-5-9-20(19)29(31)32/h1-13H,14-15H2,(H,25,30). The minimum atomic E-state index is -0.523. The lowest BCUT2D eigenvalue weighted by molar-refractivity contribution is -0.383. The molecule has 0 aliphatic heterocycles. The van der Waals surface area contributed by atoms with Gasteiger partial charge in [-0.1, -0.05) is 53.7 Å². The molecule has 1 aromatic heterocycles. The second-order valence-electron chi connectivity index (χ2n) is 6.90. The Balaban J connectivity index is 1.50. The molecule has 0 aliphatic carbocycles. The van der Waals surface area contributed by atoms with E-state index in [4.69, 9.17) is 11.6 Å². The number of thioether (sulfide) groups is 1. The molecule has 1 N–H and O–H groups in total. The zero-order valence-electron chi connectivity index (χ0n) is 17.2. The molecular weight excluding hydrogens is 462 g/mol. The molecule has 0 atom stereocenters. The number of carbonyl (C=O) groups is 1. The van der Waals surface area contributed by atoms with Crippen molar-refractivity contribution in [2.24, 2.45) is 0 Å². The summed E-state index contributed by atoms with van der Waals surface area (Å²) >= 11 is 7.40. The van der Waals surface area contributed by atoms with E-state index in [-0.39, 0.29) is 23.7 Å². The highest BCUT2D eigenvalue weighted by Gasteiger charge is 2.18. The van der Waals surface area contributed by atoms with Crippen molar-refractivity contribution in [1.82, 2.24) is 14.8 Å².